The fourth-order valence-electron chi connectivity index (χ4n) is 1.26. The molecule has 0 saturated carbocycles. The van der Waals surface area contributed by atoms with E-state index < -0.39 is 0 Å². The van der Waals surface area contributed by atoms with Gasteiger partial charge in [-0.1, -0.05) is 55.3 Å². The number of carbonyl (C=O) groups is 1. The van der Waals surface area contributed by atoms with E-state index in [0.29, 0.717) is 10.6 Å². The van der Waals surface area contributed by atoms with E-state index >= 15 is 0 Å². The molecule has 0 N–H and O–H groups in total. The van der Waals surface area contributed by atoms with Crippen LogP contribution in [0.2, 0.25) is 0 Å². The lowest BCUT2D eigenvalue weighted by atomic mass is 10.1. The van der Waals surface area contributed by atoms with Gasteiger partial charge in [0, 0.05) is 5.57 Å². The van der Waals surface area contributed by atoms with E-state index in [0.717, 1.165) is 24.7 Å². The summed E-state index contributed by atoms with van der Waals surface area (Å²) in [6.45, 7) is 2.03. The van der Waals surface area contributed by atoms with Crippen LogP contribution in [0.1, 0.15) is 25.3 Å². The average Bonchev–Trinajstić information content (AvgIpc) is 2.26. The second-order valence-electron chi connectivity index (χ2n) is 3.07. The van der Waals surface area contributed by atoms with Gasteiger partial charge in [0.2, 0.25) is 0 Å². The van der Waals surface area contributed by atoms with Crippen molar-refractivity contribution in [2.24, 2.45) is 0 Å². The Labute approximate surface area is 89.4 Å². The van der Waals surface area contributed by atoms with Crippen LogP contribution in [0.25, 0.3) is 5.03 Å². The largest absolute Gasteiger partial charge is 0.298 e. The minimum atomic E-state index is 0.572. The number of halogens is 1. The SMILES string of the molecule is CCC/C(C=O)=C(\Cl)c1ccccc1. The molecule has 1 rings (SSSR count). The third-order valence-electron chi connectivity index (χ3n) is 1.97. The van der Waals surface area contributed by atoms with E-state index in [9.17, 15) is 4.79 Å². The van der Waals surface area contributed by atoms with Gasteiger partial charge in [0.25, 0.3) is 0 Å². The van der Waals surface area contributed by atoms with Crippen LogP contribution in [-0.4, -0.2) is 6.29 Å². The van der Waals surface area contributed by atoms with Crippen LogP contribution in [0.3, 0.4) is 0 Å². The van der Waals surface area contributed by atoms with E-state index in [1.807, 2.05) is 37.3 Å². The van der Waals surface area contributed by atoms with Crippen LogP contribution < -0.4 is 0 Å². The number of aldehydes is 1. The van der Waals surface area contributed by atoms with Crippen LogP contribution in [0, 0.1) is 0 Å². The Morgan fingerprint density at radius 1 is 1.36 bits per heavy atom. The predicted molar refractivity (Wildman–Crippen MR) is 60.2 cm³/mol. The molecule has 0 spiro atoms. The monoisotopic (exact) mass is 208 g/mol. The highest BCUT2D eigenvalue weighted by atomic mass is 35.5. The molecule has 0 unspecified atom stereocenters. The predicted octanol–water partition coefficient (Wildman–Crippen LogP) is 3.64. The molecule has 0 aromatic heterocycles. The van der Waals surface area contributed by atoms with Crippen LogP contribution in [0.4, 0.5) is 0 Å². The molecule has 0 fully saturated rings. The molecule has 0 aliphatic heterocycles. The van der Waals surface area contributed by atoms with Gasteiger partial charge < -0.3 is 0 Å². The van der Waals surface area contributed by atoms with Crippen molar-refractivity contribution in [3.8, 4) is 0 Å². The summed E-state index contributed by atoms with van der Waals surface area (Å²) in [7, 11) is 0. The van der Waals surface area contributed by atoms with E-state index in [2.05, 4.69) is 0 Å². The first-order chi connectivity index (χ1) is 6.79. The molecular formula is C12H13ClO. The number of carbonyl (C=O) groups excluding carboxylic acids is 1. The Morgan fingerprint density at radius 2 is 2.00 bits per heavy atom. The smallest absolute Gasteiger partial charge is 0.147 e. The van der Waals surface area contributed by atoms with Crippen molar-refractivity contribution in [1.29, 1.82) is 0 Å². The first-order valence-corrected chi connectivity index (χ1v) is 5.06. The molecule has 1 aromatic rings. The highest BCUT2D eigenvalue weighted by Gasteiger charge is 2.04. The van der Waals surface area contributed by atoms with Crippen LogP contribution in [0.5, 0.6) is 0 Å². The maximum Gasteiger partial charge on any atom is 0.147 e. The highest BCUT2D eigenvalue weighted by molar-refractivity contribution is 6.50. The summed E-state index contributed by atoms with van der Waals surface area (Å²) in [5, 5.41) is 0.572. The second-order valence-corrected chi connectivity index (χ2v) is 3.45. The third kappa shape index (κ3) is 2.71. The maximum atomic E-state index is 10.8. The molecule has 2 heteroatoms. The molecule has 1 nitrogen and oxygen atoms in total. The lowest BCUT2D eigenvalue weighted by Crippen LogP contribution is -1.88. The molecule has 0 bridgehead atoms. The number of hydrogen-bond acceptors (Lipinski definition) is 1. The molecule has 0 aliphatic carbocycles. The van der Waals surface area contributed by atoms with Crippen molar-refractivity contribution < 1.29 is 4.79 Å². The van der Waals surface area contributed by atoms with Gasteiger partial charge in [-0.2, -0.15) is 0 Å². The summed E-state index contributed by atoms with van der Waals surface area (Å²) >= 11 is 6.10. The van der Waals surface area contributed by atoms with Gasteiger partial charge in [-0.3, -0.25) is 4.79 Å². The van der Waals surface area contributed by atoms with Gasteiger partial charge in [-0.05, 0) is 12.0 Å². The fraction of sp³-hybridized carbons (Fsp3) is 0.250. The number of benzene rings is 1. The van der Waals surface area contributed by atoms with Crippen LogP contribution in [0.15, 0.2) is 35.9 Å². The fourth-order valence-corrected chi connectivity index (χ4v) is 1.52. The van der Waals surface area contributed by atoms with Gasteiger partial charge >= 0.3 is 0 Å². The van der Waals surface area contributed by atoms with E-state index in [1.165, 1.54) is 0 Å². The summed E-state index contributed by atoms with van der Waals surface area (Å²) < 4.78 is 0. The Morgan fingerprint density at radius 3 is 2.50 bits per heavy atom. The van der Waals surface area contributed by atoms with Crippen LogP contribution >= 0.6 is 11.6 Å². The minimum absolute atomic E-state index is 0.572. The number of allylic oxidation sites excluding steroid dienone is 1. The van der Waals surface area contributed by atoms with Crippen molar-refractivity contribution in [2.75, 3.05) is 0 Å². The van der Waals surface area contributed by atoms with E-state index in [1.54, 1.807) is 0 Å². The zero-order valence-corrected chi connectivity index (χ0v) is 8.92. The van der Waals surface area contributed by atoms with Crippen molar-refractivity contribution >= 4 is 22.9 Å². The summed E-state index contributed by atoms with van der Waals surface area (Å²) in [6.07, 6.45) is 2.51. The zero-order valence-electron chi connectivity index (χ0n) is 8.16. The summed E-state index contributed by atoms with van der Waals surface area (Å²) in [4.78, 5) is 10.8. The molecular weight excluding hydrogens is 196 g/mol. The van der Waals surface area contributed by atoms with Crippen molar-refractivity contribution in [3.05, 3.63) is 41.5 Å². The second kappa shape index (κ2) is 5.61. The van der Waals surface area contributed by atoms with Gasteiger partial charge in [-0.25, -0.2) is 0 Å². The Kier molecular flexibility index (Phi) is 4.41. The first kappa shape index (κ1) is 11.0. The molecule has 0 heterocycles. The van der Waals surface area contributed by atoms with E-state index in [-0.39, 0.29) is 0 Å². The first-order valence-electron chi connectivity index (χ1n) is 4.68. The third-order valence-corrected chi connectivity index (χ3v) is 2.43. The lowest BCUT2D eigenvalue weighted by Gasteiger charge is -2.03. The summed E-state index contributed by atoms with van der Waals surface area (Å²) in [6, 6.07) is 9.55. The molecule has 74 valence electrons. The molecule has 0 saturated heterocycles. The van der Waals surface area contributed by atoms with Crippen molar-refractivity contribution in [1.82, 2.24) is 0 Å². The van der Waals surface area contributed by atoms with Gasteiger partial charge in [0.05, 0.1) is 5.03 Å². The normalized spacial score (nSPS) is 12.1. The topological polar surface area (TPSA) is 17.1 Å². The van der Waals surface area contributed by atoms with Crippen molar-refractivity contribution in [3.63, 3.8) is 0 Å². The Bertz CT molecular complexity index is 327. The highest BCUT2D eigenvalue weighted by Crippen LogP contribution is 2.24. The zero-order chi connectivity index (χ0) is 10.4. The molecule has 14 heavy (non-hydrogen) atoms. The lowest BCUT2D eigenvalue weighted by molar-refractivity contribution is -0.105. The Hall–Kier alpha value is -1.08. The molecule has 0 amide bonds. The Balaban J connectivity index is 3.01. The molecule has 0 radical (unpaired) electrons. The molecule has 0 atom stereocenters. The van der Waals surface area contributed by atoms with Crippen molar-refractivity contribution in [2.45, 2.75) is 19.8 Å². The maximum absolute atomic E-state index is 10.8. The summed E-state index contributed by atoms with van der Waals surface area (Å²) in [5.41, 5.74) is 1.59. The van der Waals surface area contributed by atoms with Gasteiger partial charge in [-0.15, -0.1) is 0 Å². The number of hydrogen-bond donors (Lipinski definition) is 0. The average molecular weight is 209 g/mol. The minimum Gasteiger partial charge on any atom is -0.298 e. The molecule has 0 aliphatic rings. The van der Waals surface area contributed by atoms with E-state index in [4.69, 9.17) is 11.6 Å². The van der Waals surface area contributed by atoms with Gasteiger partial charge in [0.15, 0.2) is 0 Å². The quantitative estimate of drug-likeness (QED) is 0.546. The summed E-state index contributed by atoms with van der Waals surface area (Å²) in [5.74, 6) is 0. The molecule has 1 aromatic carbocycles. The number of rotatable bonds is 4. The standard InChI is InChI=1S/C12H13ClO/c1-2-6-11(9-14)12(13)10-7-4-3-5-8-10/h3-5,7-9H,2,6H2,1H3/b12-11+. The van der Waals surface area contributed by atoms with Crippen LogP contribution in [-0.2, 0) is 4.79 Å². The van der Waals surface area contributed by atoms with Gasteiger partial charge in [0.1, 0.15) is 6.29 Å².